The Labute approximate surface area is 185 Å². The van der Waals surface area contributed by atoms with Gasteiger partial charge in [-0.15, -0.1) is 0 Å². The summed E-state index contributed by atoms with van der Waals surface area (Å²) in [7, 11) is 0. The number of carboxylic acid groups (broad SMARTS) is 1. The van der Waals surface area contributed by atoms with E-state index in [2.05, 4.69) is 11.0 Å². The lowest BCUT2D eigenvalue weighted by molar-refractivity contribution is 0.0696. The summed E-state index contributed by atoms with van der Waals surface area (Å²) >= 11 is 0. The summed E-state index contributed by atoms with van der Waals surface area (Å²) in [4.78, 5) is 26.5. The molecule has 6 nitrogen and oxygen atoms in total. The molecule has 2 aliphatic rings. The van der Waals surface area contributed by atoms with Gasteiger partial charge in [-0.1, -0.05) is 31.1 Å². The highest BCUT2D eigenvalue weighted by molar-refractivity contribution is 5.89. The normalized spacial score (nSPS) is 16.0. The SMILES string of the molecule is O=C(O)c1ccc2c(c1)OC(c1cc3ccc(N4CCCCCC4)cc3oc1=O)=CC=C2. The van der Waals surface area contributed by atoms with Gasteiger partial charge in [-0.3, -0.25) is 0 Å². The molecule has 1 N–H and O–H groups in total. The molecule has 6 heteroatoms. The standard InChI is InChI=1S/C26H23NO5/c28-25(29)19-9-8-17-6-5-7-22(31-23(17)15-19)21-14-18-10-11-20(16-24(18)32-26(21)30)27-12-3-1-2-4-13-27/h5-11,14-16H,1-4,12-13H2,(H,28,29). The fourth-order valence-corrected chi connectivity index (χ4v) is 4.23. The van der Waals surface area contributed by atoms with Crippen LogP contribution in [0.1, 0.15) is 47.2 Å². The van der Waals surface area contributed by atoms with Crippen LogP contribution in [0.4, 0.5) is 5.69 Å². The number of aromatic carboxylic acids is 1. The fourth-order valence-electron chi connectivity index (χ4n) is 4.23. The average Bonchev–Trinajstić information content (AvgIpc) is 3.19. The highest BCUT2D eigenvalue weighted by Crippen LogP contribution is 2.31. The number of allylic oxidation sites excluding steroid dienone is 2. The molecule has 0 saturated carbocycles. The van der Waals surface area contributed by atoms with Crippen LogP contribution in [0.2, 0.25) is 0 Å². The smallest absolute Gasteiger partial charge is 0.347 e. The van der Waals surface area contributed by atoms with E-state index in [1.54, 1.807) is 24.3 Å². The van der Waals surface area contributed by atoms with Gasteiger partial charge >= 0.3 is 11.6 Å². The molecular formula is C26H23NO5. The summed E-state index contributed by atoms with van der Waals surface area (Å²) < 4.78 is 11.6. The Balaban J connectivity index is 1.50. The predicted molar refractivity (Wildman–Crippen MR) is 124 cm³/mol. The minimum atomic E-state index is -1.04. The largest absolute Gasteiger partial charge is 0.478 e. The Bertz CT molecular complexity index is 1310. The molecule has 0 bridgehead atoms. The zero-order chi connectivity index (χ0) is 22.1. The molecule has 5 rings (SSSR count). The lowest BCUT2D eigenvalue weighted by Gasteiger charge is -2.22. The van der Waals surface area contributed by atoms with Gasteiger partial charge in [0.25, 0.3) is 0 Å². The van der Waals surface area contributed by atoms with Gasteiger partial charge in [0.05, 0.1) is 5.56 Å². The molecule has 0 spiro atoms. The summed E-state index contributed by atoms with van der Waals surface area (Å²) in [5, 5.41) is 10.1. The highest BCUT2D eigenvalue weighted by Gasteiger charge is 2.18. The van der Waals surface area contributed by atoms with Crippen LogP contribution in [0.25, 0.3) is 22.8 Å². The molecule has 32 heavy (non-hydrogen) atoms. The third-order valence-corrected chi connectivity index (χ3v) is 5.96. The van der Waals surface area contributed by atoms with E-state index < -0.39 is 11.6 Å². The lowest BCUT2D eigenvalue weighted by Crippen LogP contribution is -2.23. The van der Waals surface area contributed by atoms with E-state index in [-0.39, 0.29) is 5.56 Å². The van der Waals surface area contributed by atoms with Crippen molar-refractivity contribution >= 4 is 34.5 Å². The second-order valence-electron chi connectivity index (χ2n) is 8.12. The van der Waals surface area contributed by atoms with E-state index in [0.717, 1.165) is 29.7 Å². The number of rotatable bonds is 3. The van der Waals surface area contributed by atoms with Crippen LogP contribution in [-0.2, 0) is 0 Å². The molecule has 1 aromatic heterocycles. The van der Waals surface area contributed by atoms with E-state index in [0.29, 0.717) is 22.7 Å². The zero-order valence-corrected chi connectivity index (χ0v) is 17.5. The summed E-state index contributed by atoms with van der Waals surface area (Å²) in [6, 6.07) is 12.4. The topological polar surface area (TPSA) is 80.0 Å². The number of carboxylic acids is 1. The van der Waals surface area contributed by atoms with Crippen molar-refractivity contribution in [3.05, 3.63) is 81.7 Å². The molecule has 0 aliphatic carbocycles. The second-order valence-corrected chi connectivity index (χ2v) is 8.12. The number of anilines is 1. The molecule has 3 heterocycles. The van der Waals surface area contributed by atoms with Crippen molar-refractivity contribution in [2.45, 2.75) is 25.7 Å². The van der Waals surface area contributed by atoms with E-state index >= 15 is 0 Å². The quantitative estimate of drug-likeness (QED) is 0.568. The van der Waals surface area contributed by atoms with Crippen LogP contribution in [0, 0.1) is 0 Å². The van der Waals surface area contributed by atoms with E-state index in [9.17, 15) is 14.7 Å². The molecular weight excluding hydrogens is 406 g/mol. The van der Waals surface area contributed by atoms with Crippen molar-refractivity contribution in [2.75, 3.05) is 18.0 Å². The Kier molecular flexibility index (Phi) is 5.27. The van der Waals surface area contributed by atoms with Crippen molar-refractivity contribution < 1.29 is 19.1 Å². The summed E-state index contributed by atoms with van der Waals surface area (Å²) in [6.45, 7) is 2.03. The molecule has 1 fully saturated rings. The Morgan fingerprint density at radius 1 is 0.969 bits per heavy atom. The number of benzene rings is 2. The number of hydrogen-bond donors (Lipinski definition) is 1. The minimum Gasteiger partial charge on any atom is -0.478 e. The summed E-state index contributed by atoms with van der Waals surface area (Å²) in [6.07, 6.45) is 10.1. The monoisotopic (exact) mass is 429 g/mol. The van der Waals surface area contributed by atoms with Crippen LogP contribution < -0.4 is 15.3 Å². The van der Waals surface area contributed by atoms with Gasteiger partial charge in [-0.2, -0.15) is 0 Å². The van der Waals surface area contributed by atoms with Crippen molar-refractivity contribution in [3.8, 4) is 5.75 Å². The van der Waals surface area contributed by atoms with E-state index in [1.807, 2.05) is 18.2 Å². The van der Waals surface area contributed by atoms with Crippen LogP contribution >= 0.6 is 0 Å². The summed E-state index contributed by atoms with van der Waals surface area (Å²) in [5.74, 6) is -0.351. The number of carbonyl (C=O) groups is 1. The third-order valence-electron chi connectivity index (χ3n) is 5.96. The summed E-state index contributed by atoms with van der Waals surface area (Å²) in [5.41, 5.74) is 2.25. The van der Waals surface area contributed by atoms with E-state index in [1.165, 1.54) is 37.8 Å². The maximum Gasteiger partial charge on any atom is 0.347 e. The lowest BCUT2D eigenvalue weighted by atomic mass is 10.1. The molecule has 162 valence electrons. The number of fused-ring (bicyclic) bond motifs is 2. The number of nitrogens with zero attached hydrogens (tertiary/aromatic N) is 1. The number of ether oxygens (including phenoxy) is 1. The first-order valence-corrected chi connectivity index (χ1v) is 10.9. The van der Waals surface area contributed by atoms with E-state index in [4.69, 9.17) is 9.15 Å². The van der Waals surface area contributed by atoms with Crippen molar-refractivity contribution in [1.82, 2.24) is 0 Å². The van der Waals surface area contributed by atoms with Gasteiger partial charge in [0.2, 0.25) is 0 Å². The predicted octanol–water partition coefficient (Wildman–Crippen LogP) is 5.32. The molecule has 2 aromatic carbocycles. The molecule has 1 saturated heterocycles. The van der Waals surface area contributed by atoms with Gasteiger partial charge in [-0.25, -0.2) is 9.59 Å². The van der Waals surface area contributed by atoms with Crippen molar-refractivity contribution in [2.24, 2.45) is 0 Å². The van der Waals surface area contributed by atoms with Gasteiger partial charge in [0, 0.05) is 35.8 Å². The first kappa shape index (κ1) is 20.1. The van der Waals surface area contributed by atoms with Crippen LogP contribution in [-0.4, -0.2) is 24.2 Å². The maximum atomic E-state index is 12.9. The molecule has 2 aliphatic heterocycles. The van der Waals surface area contributed by atoms with Crippen LogP contribution in [0.3, 0.4) is 0 Å². The van der Waals surface area contributed by atoms with Gasteiger partial charge in [0.15, 0.2) is 0 Å². The Hall–Kier alpha value is -3.80. The van der Waals surface area contributed by atoms with Crippen LogP contribution in [0.5, 0.6) is 5.75 Å². The van der Waals surface area contributed by atoms with Gasteiger partial charge < -0.3 is 19.2 Å². The molecule has 3 aromatic rings. The first-order chi connectivity index (χ1) is 15.6. The fraction of sp³-hybridized carbons (Fsp3) is 0.231. The Morgan fingerprint density at radius 2 is 1.78 bits per heavy atom. The Morgan fingerprint density at radius 3 is 2.56 bits per heavy atom. The second kappa shape index (κ2) is 8.38. The highest BCUT2D eigenvalue weighted by atomic mass is 16.5. The molecule has 0 unspecified atom stereocenters. The third kappa shape index (κ3) is 3.91. The van der Waals surface area contributed by atoms with Gasteiger partial charge in [-0.05, 0) is 49.2 Å². The first-order valence-electron chi connectivity index (χ1n) is 10.9. The average molecular weight is 429 g/mol. The van der Waals surface area contributed by atoms with Crippen molar-refractivity contribution in [3.63, 3.8) is 0 Å². The molecule has 0 amide bonds. The number of hydrogen-bond acceptors (Lipinski definition) is 5. The minimum absolute atomic E-state index is 0.116. The molecule has 0 atom stereocenters. The zero-order valence-electron chi connectivity index (χ0n) is 17.5. The molecule has 0 radical (unpaired) electrons. The van der Waals surface area contributed by atoms with Crippen LogP contribution in [0.15, 0.2) is 63.8 Å². The van der Waals surface area contributed by atoms with Crippen molar-refractivity contribution in [1.29, 1.82) is 0 Å². The maximum absolute atomic E-state index is 12.9. The van der Waals surface area contributed by atoms with Gasteiger partial charge in [0.1, 0.15) is 22.7 Å².